The standard InChI is InChI=1S/C28H19N3O3/c1-34-22-15-11-20(12-16-22)25-26(30-24-8-4-6-19-5-2-3-7-23(19)24)28(33)31(27(25)32)21-13-9-18(17-29)10-14-21/h2-16,30H,1H3. The molecule has 0 atom stereocenters. The first-order chi connectivity index (χ1) is 16.6. The highest BCUT2D eigenvalue weighted by Gasteiger charge is 2.40. The Morgan fingerprint density at radius 2 is 1.53 bits per heavy atom. The zero-order valence-corrected chi connectivity index (χ0v) is 18.3. The van der Waals surface area contributed by atoms with Crippen molar-refractivity contribution < 1.29 is 14.3 Å². The van der Waals surface area contributed by atoms with E-state index in [2.05, 4.69) is 5.32 Å². The van der Waals surface area contributed by atoms with Crippen LogP contribution in [0.25, 0.3) is 16.3 Å². The fourth-order valence-electron chi connectivity index (χ4n) is 4.06. The molecule has 0 aromatic heterocycles. The molecule has 0 radical (unpaired) electrons. The largest absolute Gasteiger partial charge is 0.497 e. The van der Waals surface area contributed by atoms with Gasteiger partial charge in [-0.3, -0.25) is 9.59 Å². The van der Waals surface area contributed by atoms with Crippen LogP contribution in [-0.4, -0.2) is 18.9 Å². The number of ether oxygens (including phenoxy) is 1. The summed E-state index contributed by atoms with van der Waals surface area (Å²) in [7, 11) is 1.57. The quantitative estimate of drug-likeness (QED) is 0.431. The Bertz CT molecular complexity index is 1490. The van der Waals surface area contributed by atoms with Crippen LogP contribution in [0.1, 0.15) is 11.1 Å². The Labute approximate surface area is 196 Å². The second-order valence-corrected chi connectivity index (χ2v) is 7.73. The molecule has 1 aliphatic rings. The van der Waals surface area contributed by atoms with Gasteiger partial charge in [0.25, 0.3) is 11.8 Å². The summed E-state index contributed by atoms with van der Waals surface area (Å²) in [6, 6.07) is 29.0. The van der Waals surface area contributed by atoms with E-state index in [9.17, 15) is 9.59 Å². The van der Waals surface area contributed by atoms with Gasteiger partial charge in [-0.25, -0.2) is 4.90 Å². The molecule has 6 nitrogen and oxygen atoms in total. The molecule has 34 heavy (non-hydrogen) atoms. The number of carbonyl (C=O) groups excluding carboxylic acids is 2. The van der Waals surface area contributed by atoms with Gasteiger partial charge in [-0.05, 0) is 53.4 Å². The van der Waals surface area contributed by atoms with Crippen molar-refractivity contribution in [1.29, 1.82) is 5.26 Å². The number of hydrogen-bond donors (Lipinski definition) is 1. The van der Waals surface area contributed by atoms with E-state index in [0.717, 1.165) is 21.4 Å². The number of anilines is 2. The summed E-state index contributed by atoms with van der Waals surface area (Å²) in [5.41, 5.74) is 2.62. The second-order valence-electron chi connectivity index (χ2n) is 7.73. The highest BCUT2D eigenvalue weighted by atomic mass is 16.5. The molecule has 0 bridgehead atoms. The molecule has 4 aromatic carbocycles. The summed E-state index contributed by atoms with van der Waals surface area (Å²) in [5.74, 6) is -0.260. The maximum Gasteiger partial charge on any atom is 0.282 e. The van der Waals surface area contributed by atoms with Crippen molar-refractivity contribution in [2.75, 3.05) is 17.3 Å². The first-order valence-corrected chi connectivity index (χ1v) is 10.6. The predicted molar refractivity (Wildman–Crippen MR) is 131 cm³/mol. The lowest BCUT2D eigenvalue weighted by Gasteiger charge is -2.16. The van der Waals surface area contributed by atoms with E-state index in [1.54, 1.807) is 55.6 Å². The summed E-state index contributed by atoms with van der Waals surface area (Å²) in [6.45, 7) is 0. The molecular weight excluding hydrogens is 426 g/mol. The zero-order valence-electron chi connectivity index (χ0n) is 18.3. The van der Waals surface area contributed by atoms with Crippen LogP contribution in [0.3, 0.4) is 0 Å². The van der Waals surface area contributed by atoms with Gasteiger partial charge in [0, 0.05) is 11.1 Å². The minimum atomic E-state index is -0.464. The third-order valence-electron chi connectivity index (χ3n) is 5.77. The number of hydrogen-bond acceptors (Lipinski definition) is 5. The van der Waals surface area contributed by atoms with Gasteiger partial charge in [0.15, 0.2) is 0 Å². The Morgan fingerprint density at radius 1 is 0.824 bits per heavy atom. The summed E-state index contributed by atoms with van der Waals surface area (Å²) < 4.78 is 5.24. The molecule has 4 aromatic rings. The van der Waals surface area contributed by atoms with Crippen molar-refractivity contribution in [3.05, 3.63) is 108 Å². The van der Waals surface area contributed by atoms with E-state index in [0.29, 0.717) is 22.6 Å². The number of carbonyl (C=O) groups is 2. The number of benzene rings is 4. The van der Waals surface area contributed by atoms with Crippen LogP contribution in [0, 0.1) is 11.3 Å². The van der Waals surface area contributed by atoms with E-state index in [1.165, 1.54) is 0 Å². The van der Waals surface area contributed by atoms with Crippen LogP contribution >= 0.6 is 0 Å². The van der Waals surface area contributed by atoms with E-state index in [-0.39, 0.29) is 11.3 Å². The Hall–Kier alpha value is -4.89. The zero-order chi connectivity index (χ0) is 23.7. The molecule has 0 unspecified atom stereocenters. The van der Waals surface area contributed by atoms with Crippen molar-refractivity contribution in [1.82, 2.24) is 0 Å². The van der Waals surface area contributed by atoms with Crippen LogP contribution in [0.2, 0.25) is 0 Å². The molecule has 0 aliphatic carbocycles. The number of imide groups is 1. The average Bonchev–Trinajstić information content (AvgIpc) is 3.13. The third-order valence-corrected chi connectivity index (χ3v) is 5.77. The normalized spacial score (nSPS) is 13.4. The van der Waals surface area contributed by atoms with E-state index in [1.807, 2.05) is 48.5 Å². The monoisotopic (exact) mass is 445 g/mol. The predicted octanol–water partition coefficient (Wildman–Crippen LogP) is 5.12. The summed E-state index contributed by atoms with van der Waals surface area (Å²) in [6.07, 6.45) is 0. The number of methoxy groups -OCH3 is 1. The smallest absolute Gasteiger partial charge is 0.282 e. The van der Waals surface area contributed by atoms with E-state index in [4.69, 9.17) is 10.00 Å². The molecule has 1 N–H and O–H groups in total. The van der Waals surface area contributed by atoms with Crippen molar-refractivity contribution in [3.8, 4) is 11.8 Å². The number of nitrogens with one attached hydrogen (secondary N) is 1. The molecule has 5 rings (SSSR count). The van der Waals surface area contributed by atoms with E-state index < -0.39 is 11.8 Å². The molecule has 0 saturated carbocycles. The minimum Gasteiger partial charge on any atom is -0.497 e. The fraction of sp³-hybridized carbons (Fsp3) is 0.0357. The highest BCUT2D eigenvalue weighted by Crippen LogP contribution is 2.35. The number of nitrogens with zero attached hydrogens (tertiary/aromatic N) is 2. The van der Waals surface area contributed by atoms with Gasteiger partial charge in [0.1, 0.15) is 11.4 Å². The maximum atomic E-state index is 13.6. The summed E-state index contributed by atoms with van der Waals surface area (Å²) in [5, 5.41) is 14.3. The van der Waals surface area contributed by atoms with Gasteiger partial charge in [0.2, 0.25) is 0 Å². The van der Waals surface area contributed by atoms with E-state index >= 15 is 0 Å². The van der Waals surface area contributed by atoms with Gasteiger partial charge in [-0.1, -0.05) is 48.5 Å². The van der Waals surface area contributed by atoms with Gasteiger partial charge < -0.3 is 10.1 Å². The van der Waals surface area contributed by atoms with Crippen molar-refractivity contribution in [2.45, 2.75) is 0 Å². The molecule has 0 saturated heterocycles. The average molecular weight is 445 g/mol. The molecule has 1 heterocycles. The first kappa shape index (κ1) is 21.0. The SMILES string of the molecule is COc1ccc(C2=C(Nc3cccc4ccccc34)C(=O)N(c3ccc(C#N)cc3)C2=O)cc1. The van der Waals surface area contributed by atoms with Crippen molar-refractivity contribution in [3.63, 3.8) is 0 Å². The summed E-state index contributed by atoms with van der Waals surface area (Å²) in [4.78, 5) is 28.3. The van der Waals surface area contributed by atoms with Crippen LogP contribution in [0.4, 0.5) is 11.4 Å². The Morgan fingerprint density at radius 3 is 2.24 bits per heavy atom. The van der Waals surface area contributed by atoms with Crippen LogP contribution in [-0.2, 0) is 9.59 Å². The topological polar surface area (TPSA) is 82.4 Å². The molecule has 1 aliphatic heterocycles. The summed E-state index contributed by atoms with van der Waals surface area (Å²) >= 11 is 0. The highest BCUT2D eigenvalue weighted by molar-refractivity contribution is 6.46. The number of nitriles is 1. The Kier molecular flexibility index (Phi) is 5.29. The van der Waals surface area contributed by atoms with Crippen LogP contribution in [0.15, 0.2) is 96.7 Å². The molecule has 164 valence electrons. The lowest BCUT2D eigenvalue weighted by atomic mass is 10.0. The van der Waals surface area contributed by atoms with Gasteiger partial charge in [-0.2, -0.15) is 5.26 Å². The maximum absolute atomic E-state index is 13.6. The lowest BCUT2D eigenvalue weighted by molar-refractivity contribution is -0.120. The third kappa shape index (κ3) is 3.55. The van der Waals surface area contributed by atoms with Crippen molar-refractivity contribution >= 4 is 39.5 Å². The molecule has 6 heteroatoms. The lowest BCUT2D eigenvalue weighted by Crippen LogP contribution is -2.32. The molecule has 0 fully saturated rings. The fourth-order valence-corrected chi connectivity index (χ4v) is 4.06. The van der Waals surface area contributed by atoms with Crippen LogP contribution < -0.4 is 15.0 Å². The molecular formula is C28H19N3O3. The molecule has 0 spiro atoms. The van der Waals surface area contributed by atoms with Gasteiger partial charge in [0.05, 0.1) is 30.0 Å². The first-order valence-electron chi connectivity index (χ1n) is 10.6. The Balaban J connectivity index is 1.64. The van der Waals surface area contributed by atoms with Crippen LogP contribution in [0.5, 0.6) is 5.75 Å². The number of fused-ring (bicyclic) bond motifs is 1. The number of amides is 2. The minimum absolute atomic E-state index is 0.191. The second kappa shape index (κ2) is 8.57. The van der Waals surface area contributed by atoms with Gasteiger partial charge >= 0.3 is 0 Å². The molecule has 2 amide bonds. The number of rotatable bonds is 5. The van der Waals surface area contributed by atoms with Crippen molar-refractivity contribution in [2.24, 2.45) is 0 Å². The van der Waals surface area contributed by atoms with Gasteiger partial charge in [-0.15, -0.1) is 0 Å².